The van der Waals surface area contributed by atoms with Crippen molar-refractivity contribution in [2.24, 2.45) is 0 Å². The Kier molecular flexibility index (Phi) is 6.03. The summed E-state index contributed by atoms with van der Waals surface area (Å²) >= 11 is 0. The van der Waals surface area contributed by atoms with Gasteiger partial charge in [-0.2, -0.15) is 5.10 Å². The van der Waals surface area contributed by atoms with Gasteiger partial charge >= 0.3 is 0 Å². The average molecular weight is 504 g/mol. The Morgan fingerprint density at radius 2 is 1.67 bits per heavy atom. The van der Waals surface area contributed by atoms with E-state index in [9.17, 15) is 18.0 Å². The van der Waals surface area contributed by atoms with Gasteiger partial charge in [-0.3, -0.25) is 9.59 Å². The minimum atomic E-state index is -4.33. The van der Waals surface area contributed by atoms with Crippen LogP contribution in [0.15, 0.2) is 94.6 Å². The van der Waals surface area contributed by atoms with Crippen molar-refractivity contribution in [2.75, 3.05) is 6.79 Å². The lowest BCUT2D eigenvalue weighted by molar-refractivity contribution is -0.121. The number of hydrogen-bond acceptors (Lipinski definition) is 7. The molecule has 2 heterocycles. The van der Waals surface area contributed by atoms with Crippen LogP contribution in [0, 0.1) is 6.92 Å². The zero-order valence-corrected chi connectivity index (χ0v) is 19.9. The monoisotopic (exact) mass is 503 g/mol. The lowest BCUT2D eigenvalue weighted by Gasteiger charge is -2.20. The molecule has 10 heteroatoms. The number of nitrogens with one attached hydrogen (secondary N) is 1. The molecule has 1 aliphatic heterocycles. The van der Waals surface area contributed by atoms with Crippen molar-refractivity contribution in [3.63, 3.8) is 0 Å². The zero-order chi connectivity index (χ0) is 25.3. The normalized spacial score (nSPS) is 13.2. The lowest BCUT2D eigenvalue weighted by Crippen LogP contribution is -2.41. The first kappa shape index (κ1) is 23.3. The van der Waals surface area contributed by atoms with Crippen LogP contribution in [0.1, 0.15) is 17.3 Å². The number of rotatable bonds is 6. The fourth-order valence-electron chi connectivity index (χ4n) is 3.99. The molecule has 36 heavy (non-hydrogen) atoms. The van der Waals surface area contributed by atoms with Crippen molar-refractivity contribution < 1.29 is 22.7 Å². The second-order valence-electron chi connectivity index (χ2n) is 8.10. The Morgan fingerprint density at radius 1 is 0.944 bits per heavy atom. The molecule has 0 radical (unpaired) electrons. The second-order valence-corrected chi connectivity index (χ2v) is 9.76. The zero-order valence-electron chi connectivity index (χ0n) is 19.1. The summed E-state index contributed by atoms with van der Waals surface area (Å²) in [4.78, 5) is 26.2. The van der Waals surface area contributed by atoms with E-state index >= 15 is 0 Å². The summed E-state index contributed by atoms with van der Waals surface area (Å²) in [5.41, 5.74) is 1.33. The molecule has 1 amide bonds. The van der Waals surface area contributed by atoms with Crippen molar-refractivity contribution in [3.8, 4) is 22.6 Å². The van der Waals surface area contributed by atoms with Gasteiger partial charge in [-0.15, -0.1) is 0 Å². The minimum Gasteiger partial charge on any atom is -0.454 e. The van der Waals surface area contributed by atoms with E-state index in [-0.39, 0.29) is 11.7 Å². The third-order valence-corrected chi connectivity index (χ3v) is 7.06. The van der Waals surface area contributed by atoms with Crippen LogP contribution in [-0.4, -0.2) is 30.9 Å². The van der Waals surface area contributed by atoms with Crippen LogP contribution in [0.3, 0.4) is 0 Å². The SMILES string of the molecule is Cc1ccc(=O)n(C(C(=O)NS(=O)(=O)c2ccccc2-c2ccccc2)c2ccc3c(c2)OCO3)n1. The Balaban J connectivity index is 1.57. The summed E-state index contributed by atoms with van der Waals surface area (Å²) in [6, 6.07) is 21.5. The van der Waals surface area contributed by atoms with Crippen molar-refractivity contribution >= 4 is 15.9 Å². The van der Waals surface area contributed by atoms with Gasteiger partial charge in [-0.1, -0.05) is 54.6 Å². The molecule has 1 atom stereocenters. The number of amides is 1. The molecule has 4 aromatic rings. The first-order chi connectivity index (χ1) is 17.3. The molecule has 1 aliphatic rings. The Bertz CT molecular complexity index is 1620. The van der Waals surface area contributed by atoms with E-state index in [1.165, 1.54) is 24.3 Å². The first-order valence-corrected chi connectivity index (χ1v) is 12.5. The number of carbonyl (C=O) groups is 1. The maximum Gasteiger partial charge on any atom is 0.267 e. The molecule has 0 saturated carbocycles. The summed E-state index contributed by atoms with van der Waals surface area (Å²) in [6.45, 7) is 1.68. The van der Waals surface area contributed by atoms with Gasteiger partial charge in [0.2, 0.25) is 6.79 Å². The number of ether oxygens (including phenoxy) is 2. The fraction of sp³-hybridized carbons (Fsp3) is 0.115. The van der Waals surface area contributed by atoms with Gasteiger partial charge in [0.25, 0.3) is 21.5 Å². The smallest absolute Gasteiger partial charge is 0.267 e. The van der Waals surface area contributed by atoms with Crippen molar-refractivity contribution in [1.29, 1.82) is 0 Å². The highest BCUT2D eigenvalue weighted by Gasteiger charge is 2.31. The van der Waals surface area contributed by atoms with Gasteiger partial charge < -0.3 is 9.47 Å². The van der Waals surface area contributed by atoms with Gasteiger partial charge in [0.15, 0.2) is 17.5 Å². The molecule has 0 aliphatic carbocycles. The fourth-order valence-corrected chi connectivity index (χ4v) is 5.21. The number of benzene rings is 3. The molecule has 3 aromatic carbocycles. The molecular formula is C26H21N3O6S. The van der Waals surface area contributed by atoms with E-state index < -0.39 is 27.5 Å². The highest BCUT2D eigenvalue weighted by Crippen LogP contribution is 2.35. The van der Waals surface area contributed by atoms with E-state index in [0.29, 0.717) is 33.9 Å². The second kappa shape index (κ2) is 9.31. The minimum absolute atomic E-state index is 0.0168. The standard InChI is InChI=1S/C26H21N3O6S/c1-17-11-14-24(30)29(27-17)25(19-12-13-21-22(15-19)35-16-34-21)26(31)28-36(32,33)23-10-6-5-9-20(23)18-7-3-2-4-8-18/h2-15,25H,16H2,1H3,(H,28,31). The Morgan fingerprint density at radius 3 is 2.47 bits per heavy atom. The third-order valence-electron chi connectivity index (χ3n) is 5.66. The van der Waals surface area contributed by atoms with Gasteiger partial charge in [0.1, 0.15) is 0 Å². The molecule has 0 spiro atoms. The van der Waals surface area contributed by atoms with Crippen LogP contribution < -0.4 is 19.8 Å². The van der Waals surface area contributed by atoms with E-state index in [0.717, 1.165) is 4.68 Å². The van der Waals surface area contributed by atoms with Crippen LogP contribution in [0.4, 0.5) is 0 Å². The Hall–Kier alpha value is -4.44. The number of aryl methyl sites for hydroxylation is 1. The molecule has 1 N–H and O–H groups in total. The molecule has 1 aromatic heterocycles. The lowest BCUT2D eigenvalue weighted by atomic mass is 10.1. The number of hydrogen-bond donors (Lipinski definition) is 1. The summed E-state index contributed by atoms with van der Waals surface area (Å²) in [5.74, 6) is -0.0907. The number of nitrogens with zero attached hydrogens (tertiary/aromatic N) is 2. The van der Waals surface area contributed by atoms with Crippen molar-refractivity contribution in [2.45, 2.75) is 17.9 Å². The maximum atomic E-state index is 13.6. The number of fused-ring (bicyclic) bond motifs is 1. The number of carbonyl (C=O) groups excluding carboxylic acids is 1. The molecule has 9 nitrogen and oxygen atoms in total. The largest absolute Gasteiger partial charge is 0.454 e. The van der Waals surface area contributed by atoms with E-state index in [1.807, 2.05) is 6.07 Å². The predicted octanol–water partition coefficient (Wildman–Crippen LogP) is 3.04. The summed E-state index contributed by atoms with van der Waals surface area (Å²) in [5, 5.41) is 4.21. The average Bonchev–Trinajstić information content (AvgIpc) is 3.35. The summed E-state index contributed by atoms with van der Waals surface area (Å²) < 4.78 is 40.8. The van der Waals surface area contributed by atoms with Crippen molar-refractivity contribution in [3.05, 3.63) is 107 Å². The molecule has 0 bridgehead atoms. The molecule has 1 unspecified atom stereocenters. The first-order valence-electron chi connectivity index (χ1n) is 11.0. The quantitative estimate of drug-likeness (QED) is 0.430. The van der Waals surface area contributed by atoms with Gasteiger partial charge in [0, 0.05) is 11.6 Å². The Labute approximate surface area is 207 Å². The highest BCUT2D eigenvalue weighted by molar-refractivity contribution is 7.90. The van der Waals surface area contributed by atoms with Crippen LogP contribution in [0.5, 0.6) is 11.5 Å². The number of sulfonamides is 1. The maximum absolute atomic E-state index is 13.6. The van der Waals surface area contributed by atoms with Crippen LogP contribution >= 0.6 is 0 Å². The van der Waals surface area contributed by atoms with E-state index in [4.69, 9.17) is 9.47 Å². The van der Waals surface area contributed by atoms with Gasteiger partial charge in [-0.25, -0.2) is 17.8 Å². The predicted molar refractivity (Wildman–Crippen MR) is 131 cm³/mol. The van der Waals surface area contributed by atoms with E-state index in [2.05, 4.69) is 9.82 Å². The highest BCUT2D eigenvalue weighted by atomic mass is 32.2. The van der Waals surface area contributed by atoms with Crippen molar-refractivity contribution in [1.82, 2.24) is 14.5 Å². The molecule has 0 saturated heterocycles. The topological polar surface area (TPSA) is 117 Å². The molecule has 5 rings (SSSR count). The number of aromatic nitrogens is 2. The van der Waals surface area contributed by atoms with Gasteiger partial charge in [0.05, 0.1) is 10.6 Å². The van der Waals surface area contributed by atoms with Crippen LogP contribution in [0.25, 0.3) is 11.1 Å². The molecular weight excluding hydrogens is 482 g/mol. The van der Waals surface area contributed by atoms with Crippen LogP contribution in [0.2, 0.25) is 0 Å². The van der Waals surface area contributed by atoms with Crippen LogP contribution in [-0.2, 0) is 14.8 Å². The van der Waals surface area contributed by atoms with Gasteiger partial charge in [-0.05, 0) is 42.3 Å². The van der Waals surface area contributed by atoms with E-state index in [1.54, 1.807) is 61.5 Å². The third kappa shape index (κ3) is 4.46. The summed E-state index contributed by atoms with van der Waals surface area (Å²) in [6.07, 6.45) is 0. The summed E-state index contributed by atoms with van der Waals surface area (Å²) in [7, 11) is -4.33. The molecule has 0 fully saturated rings. The molecule has 182 valence electrons.